The summed E-state index contributed by atoms with van der Waals surface area (Å²) in [6.45, 7) is 0. The highest BCUT2D eigenvalue weighted by atomic mass is 79.9. The predicted molar refractivity (Wildman–Crippen MR) is 70.7 cm³/mol. The van der Waals surface area contributed by atoms with Gasteiger partial charge in [-0.1, -0.05) is 0 Å². The van der Waals surface area contributed by atoms with E-state index in [0.29, 0.717) is 17.1 Å². The van der Waals surface area contributed by atoms with Crippen LogP contribution < -0.4 is 10.1 Å². The average molecular weight is 308 g/mol. The van der Waals surface area contributed by atoms with Gasteiger partial charge in [0.05, 0.1) is 24.6 Å². The molecule has 92 valence electrons. The van der Waals surface area contributed by atoms with Crippen molar-refractivity contribution in [3.63, 3.8) is 0 Å². The molecule has 0 bridgehead atoms. The Morgan fingerprint density at radius 3 is 2.78 bits per heavy atom. The van der Waals surface area contributed by atoms with E-state index in [4.69, 9.17) is 4.74 Å². The number of amides is 1. The lowest BCUT2D eigenvalue weighted by atomic mass is 10.2. The fraction of sp³-hybridized carbons (Fsp3) is 0.0833. The first-order chi connectivity index (χ1) is 8.69. The minimum Gasteiger partial charge on any atom is -0.481 e. The zero-order valence-electron chi connectivity index (χ0n) is 9.55. The van der Waals surface area contributed by atoms with Gasteiger partial charge in [-0.3, -0.25) is 9.78 Å². The number of pyridine rings is 2. The molecule has 18 heavy (non-hydrogen) atoms. The first kappa shape index (κ1) is 12.5. The van der Waals surface area contributed by atoms with Crippen LogP contribution in [0.25, 0.3) is 0 Å². The van der Waals surface area contributed by atoms with Gasteiger partial charge < -0.3 is 10.1 Å². The van der Waals surface area contributed by atoms with Crippen LogP contribution in [-0.2, 0) is 0 Å². The summed E-state index contributed by atoms with van der Waals surface area (Å²) >= 11 is 3.26. The first-order valence-electron chi connectivity index (χ1n) is 5.11. The van der Waals surface area contributed by atoms with Gasteiger partial charge in [-0.05, 0) is 28.1 Å². The molecule has 0 aliphatic heterocycles. The third-order valence-corrected chi connectivity index (χ3v) is 2.60. The van der Waals surface area contributed by atoms with Gasteiger partial charge in [-0.2, -0.15) is 0 Å². The fourth-order valence-corrected chi connectivity index (χ4v) is 1.68. The summed E-state index contributed by atoms with van der Waals surface area (Å²) in [5.74, 6) is 0.257. The number of methoxy groups -OCH3 is 1. The Labute approximate surface area is 112 Å². The SMILES string of the molecule is COc1ccc(NC(=O)c2cncc(Br)c2)cn1. The normalized spacial score (nSPS) is 9.89. The molecule has 2 aromatic rings. The molecule has 0 aliphatic rings. The topological polar surface area (TPSA) is 64.1 Å². The van der Waals surface area contributed by atoms with Crippen molar-refractivity contribution in [1.82, 2.24) is 9.97 Å². The van der Waals surface area contributed by atoms with Gasteiger partial charge in [0.1, 0.15) is 0 Å². The maximum Gasteiger partial charge on any atom is 0.257 e. The Balaban J connectivity index is 2.11. The van der Waals surface area contributed by atoms with Crippen molar-refractivity contribution in [2.24, 2.45) is 0 Å². The highest BCUT2D eigenvalue weighted by Crippen LogP contribution is 2.14. The van der Waals surface area contributed by atoms with Crippen LogP contribution in [0.3, 0.4) is 0 Å². The quantitative estimate of drug-likeness (QED) is 0.946. The van der Waals surface area contributed by atoms with Crippen LogP contribution in [-0.4, -0.2) is 23.0 Å². The third kappa shape index (κ3) is 3.04. The molecule has 0 radical (unpaired) electrons. The number of halogens is 1. The van der Waals surface area contributed by atoms with Crippen molar-refractivity contribution >= 4 is 27.5 Å². The van der Waals surface area contributed by atoms with E-state index in [0.717, 1.165) is 4.47 Å². The van der Waals surface area contributed by atoms with Crippen LogP contribution in [0.15, 0.2) is 41.3 Å². The number of nitrogens with one attached hydrogen (secondary N) is 1. The van der Waals surface area contributed by atoms with Crippen LogP contribution >= 0.6 is 15.9 Å². The number of hydrogen-bond donors (Lipinski definition) is 1. The van der Waals surface area contributed by atoms with E-state index >= 15 is 0 Å². The summed E-state index contributed by atoms with van der Waals surface area (Å²) in [4.78, 5) is 19.8. The highest BCUT2D eigenvalue weighted by molar-refractivity contribution is 9.10. The van der Waals surface area contributed by atoms with E-state index in [1.54, 1.807) is 24.4 Å². The highest BCUT2D eigenvalue weighted by Gasteiger charge is 2.07. The lowest BCUT2D eigenvalue weighted by Gasteiger charge is -2.05. The van der Waals surface area contributed by atoms with Gasteiger partial charge in [0, 0.05) is 22.9 Å². The smallest absolute Gasteiger partial charge is 0.257 e. The summed E-state index contributed by atoms with van der Waals surface area (Å²) < 4.78 is 5.69. The van der Waals surface area contributed by atoms with Crippen molar-refractivity contribution in [1.29, 1.82) is 0 Å². The number of nitrogens with zero attached hydrogens (tertiary/aromatic N) is 2. The largest absolute Gasteiger partial charge is 0.481 e. The molecule has 1 amide bonds. The molecule has 2 heterocycles. The molecule has 5 nitrogen and oxygen atoms in total. The van der Waals surface area contributed by atoms with Crippen LogP contribution in [0.1, 0.15) is 10.4 Å². The molecular weight excluding hydrogens is 298 g/mol. The van der Waals surface area contributed by atoms with E-state index in [2.05, 4.69) is 31.2 Å². The molecule has 0 atom stereocenters. The van der Waals surface area contributed by atoms with Gasteiger partial charge in [0.2, 0.25) is 5.88 Å². The van der Waals surface area contributed by atoms with Crippen LogP contribution in [0.4, 0.5) is 5.69 Å². The molecule has 0 fully saturated rings. The summed E-state index contributed by atoms with van der Waals surface area (Å²) in [6.07, 6.45) is 4.64. The summed E-state index contributed by atoms with van der Waals surface area (Å²) in [7, 11) is 1.54. The average Bonchev–Trinajstić information content (AvgIpc) is 2.39. The summed E-state index contributed by atoms with van der Waals surface area (Å²) in [6, 6.07) is 5.09. The summed E-state index contributed by atoms with van der Waals surface area (Å²) in [5, 5.41) is 2.72. The second-order valence-electron chi connectivity index (χ2n) is 3.44. The van der Waals surface area contributed by atoms with Gasteiger partial charge >= 0.3 is 0 Å². The van der Waals surface area contributed by atoms with E-state index in [-0.39, 0.29) is 5.91 Å². The molecule has 2 rings (SSSR count). The second-order valence-corrected chi connectivity index (χ2v) is 4.35. The number of anilines is 1. The first-order valence-corrected chi connectivity index (χ1v) is 5.90. The third-order valence-electron chi connectivity index (χ3n) is 2.17. The molecule has 0 aromatic carbocycles. The van der Waals surface area contributed by atoms with E-state index < -0.39 is 0 Å². The molecular formula is C12H10BrN3O2. The molecule has 0 aliphatic carbocycles. The van der Waals surface area contributed by atoms with Gasteiger partial charge in [0.15, 0.2) is 0 Å². The Morgan fingerprint density at radius 1 is 1.33 bits per heavy atom. The van der Waals surface area contributed by atoms with Crippen molar-refractivity contribution in [3.8, 4) is 5.88 Å². The van der Waals surface area contributed by atoms with Gasteiger partial charge in [-0.15, -0.1) is 0 Å². The molecule has 2 aromatic heterocycles. The Bertz CT molecular complexity index is 558. The van der Waals surface area contributed by atoms with E-state index in [1.807, 2.05) is 0 Å². The molecule has 6 heteroatoms. The van der Waals surface area contributed by atoms with Crippen molar-refractivity contribution in [3.05, 3.63) is 46.8 Å². The van der Waals surface area contributed by atoms with Crippen molar-refractivity contribution in [2.75, 3.05) is 12.4 Å². The molecule has 0 spiro atoms. The monoisotopic (exact) mass is 307 g/mol. The number of ether oxygens (including phenoxy) is 1. The lowest BCUT2D eigenvalue weighted by molar-refractivity contribution is 0.102. The minimum atomic E-state index is -0.240. The van der Waals surface area contributed by atoms with E-state index in [1.165, 1.54) is 19.5 Å². The van der Waals surface area contributed by atoms with Crippen molar-refractivity contribution in [2.45, 2.75) is 0 Å². The van der Waals surface area contributed by atoms with Crippen LogP contribution in [0.5, 0.6) is 5.88 Å². The zero-order valence-corrected chi connectivity index (χ0v) is 11.1. The number of rotatable bonds is 3. The Morgan fingerprint density at radius 2 is 2.17 bits per heavy atom. The van der Waals surface area contributed by atoms with Gasteiger partial charge in [0.25, 0.3) is 5.91 Å². The van der Waals surface area contributed by atoms with Crippen molar-refractivity contribution < 1.29 is 9.53 Å². The summed E-state index contributed by atoms with van der Waals surface area (Å²) in [5.41, 5.74) is 1.07. The molecule has 0 saturated heterocycles. The minimum absolute atomic E-state index is 0.240. The maximum atomic E-state index is 11.9. The molecule has 0 saturated carbocycles. The Hall–Kier alpha value is -1.95. The second kappa shape index (κ2) is 5.59. The standard InChI is InChI=1S/C12H10BrN3O2/c1-18-11-3-2-10(7-15-11)16-12(17)8-4-9(13)6-14-5-8/h2-7H,1H3,(H,16,17). The lowest BCUT2D eigenvalue weighted by Crippen LogP contribution is -2.12. The van der Waals surface area contributed by atoms with E-state index in [9.17, 15) is 4.79 Å². The predicted octanol–water partition coefficient (Wildman–Crippen LogP) is 2.50. The number of hydrogen-bond acceptors (Lipinski definition) is 4. The fourth-order valence-electron chi connectivity index (χ4n) is 1.31. The van der Waals surface area contributed by atoms with Crippen LogP contribution in [0.2, 0.25) is 0 Å². The maximum absolute atomic E-state index is 11.9. The number of carbonyl (C=O) groups excluding carboxylic acids is 1. The van der Waals surface area contributed by atoms with Gasteiger partial charge in [-0.25, -0.2) is 4.98 Å². The molecule has 0 unspecified atom stereocenters. The molecule has 1 N–H and O–H groups in total. The van der Waals surface area contributed by atoms with Crippen LogP contribution in [0, 0.1) is 0 Å². The zero-order chi connectivity index (χ0) is 13.0. The number of aromatic nitrogens is 2. The number of carbonyl (C=O) groups is 1. The Kier molecular flexibility index (Phi) is 3.88.